The summed E-state index contributed by atoms with van der Waals surface area (Å²) in [6.45, 7) is 5.75. The molecule has 0 unspecified atom stereocenters. The van der Waals surface area contributed by atoms with Gasteiger partial charge < -0.3 is 10.1 Å². The van der Waals surface area contributed by atoms with Gasteiger partial charge in [-0.05, 0) is 32.9 Å². The van der Waals surface area contributed by atoms with E-state index in [2.05, 4.69) is 30.0 Å². The van der Waals surface area contributed by atoms with Crippen LogP contribution in [-0.2, 0) is 20.2 Å². The second-order valence-corrected chi connectivity index (χ2v) is 9.71. The van der Waals surface area contributed by atoms with Gasteiger partial charge >= 0.3 is 0 Å². The number of nitrogens with one attached hydrogen (secondary N) is 2. The first-order chi connectivity index (χ1) is 14.6. The van der Waals surface area contributed by atoms with Crippen molar-refractivity contribution < 1.29 is 17.9 Å². The Morgan fingerprint density at radius 3 is 2.61 bits per heavy atom. The van der Waals surface area contributed by atoms with Crippen LogP contribution in [0.4, 0.5) is 10.9 Å². The van der Waals surface area contributed by atoms with Gasteiger partial charge in [-0.25, -0.2) is 23.4 Å². The van der Waals surface area contributed by atoms with Crippen LogP contribution in [0.3, 0.4) is 0 Å². The summed E-state index contributed by atoms with van der Waals surface area (Å²) in [5.41, 5.74) is 0.763. The summed E-state index contributed by atoms with van der Waals surface area (Å²) in [6, 6.07) is 3.43. The number of pyridine rings is 1. The molecule has 0 saturated heterocycles. The normalized spacial score (nSPS) is 11.7. The predicted molar refractivity (Wildman–Crippen MR) is 119 cm³/mol. The zero-order chi connectivity index (χ0) is 22.6. The summed E-state index contributed by atoms with van der Waals surface area (Å²) in [5, 5.41) is 4.62. The molecule has 0 fully saturated rings. The van der Waals surface area contributed by atoms with E-state index in [1.54, 1.807) is 43.8 Å². The maximum Gasteiger partial charge on any atom is 0.237 e. The standard InChI is InChI=1S/C19H22N6O4S2/c1-5-29-16-10-20-9-13(22-16)12-6-7-15(21-8-12)24-17(26)19(2,3)14-11-30-18(23-14)25-31(4,27)28/h6-11H,5H2,1-4H3,(H,23,25)(H,21,24,26). The molecule has 0 aliphatic rings. The average Bonchev–Trinajstić information content (AvgIpc) is 3.16. The van der Waals surface area contributed by atoms with Gasteiger partial charge in [0.05, 0.1) is 42.1 Å². The van der Waals surface area contributed by atoms with Gasteiger partial charge in [-0.15, -0.1) is 11.3 Å². The first-order valence-corrected chi connectivity index (χ1v) is 12.0. The number of ether oxygens (including phenoxy) is 1. The molecule has 3 rings (SSSR count). The number of carbonyl (C=O) groups excluding carboxylic acids is 1. The van der Waals surface area contributed by atoms with Gasteiger partial charge in [0.15, 0.2) is 5.13 Å². The second-order valence-electron chi connectivity index (χ2n) is 7.10. The fraction of sp³-hybridized carbons (Fsp3) is 0.316. The van der Waals surface area contributed by atoms with Crippen LogP contribution in [0.2, 0.25) is 0 Å². The highest BCUT2D eigenvalue weighted by Crippen LogP contribution is 2.29. The van der Waals surface area contributed by atoms with Crippen LogP contribution in [0.5, 0.6) is 5.88 Å². The molecule has 0 atom stereocenters. The summed E-state index contributed by atoms with van der Waals surface area (Å²) in [6.07, 6.45) is 5.76. The molecule has 3 heterocycles. The van der Waals surface area contributed by atoms with Gasteiger partial charge in [-0.1, -0.05) is 0 Å². The van der Waals surface area contributed by atoms with Crippen LogP contribution in [0.15, 0.2) is 36.1 Å². The lowest BCUT2D eigenvalue weighted by Crippen LogP contribution is -2.35. The molecule has 10 nitrogen and oxygen atoms in total. The second kappa shape index (κ2) is 8.94. The molecule has 3 aromatic heterocycles. The van der Waals surface area contributed by atoms with Crippen LogP contribution in [0, 0.1) is 0 Å². The van der Waals surface area contributed by atoms with Crippen molar-refractivity contribution in [2.24, 2.45) is 0 Å². The third kappa shape index (κ3) is 5.73. The van der Waals surface area contributed by atoms with Crippen LogP contribution in [-0.4, -0.2) is 47.1 Å². The largest absolute Gasteiger partial charge is 0.477 e. The minimum absolute atomic E-state index is 0.205. The van der Waals surface area contributed by atoms with Crippen molar-refractivity contribution in [1.29, 1.82) is 0 Å². The molecule has 164 valence electrons. The van der Waals surface area contributed by atoms with E-state index in [-0.39, 0.29) is 11.0 Å². The van der Waals surface area contributed by atoms with Crippen LogP contribution in [0.25, 0.3) is 11.3 Å². The lowest BCUT2D eigenvalue weighted by Gasteiger charge is -2.21. The highest BCUT2D eigenvalue weighted by Gasteiger charge is 2.33. The molecule has 0 bridgehead atoms. The number of anilines is 2. The highest BCUT2D eigenvalue weighted by molar-refractivity contribution is 7.92. The van der Waals surface area contributed by atoms with Gasteiger partial charge in [0, 0.05) is 17.1 Å². The van der Waals surface area contributed by atoms with Gasteiger partial charge in [-0.3, -0.25) is 14.5 Å². The highest BCUT2D eigenvalue weighted by atomic mass is 32.2. The fourth-order valence-corrected chi connectivity index (χ4v) is 4.21. The monoisotopic (exact) mass is 462 g/mol. The number of thiazole rings is 1. The summed E-state index contributed by atoms with van der Waals surface area (Å²) in [5.74, 6) is 0.453. The molecule has 0 spiro atoms. The van der Waals surface area contributed by atoms with Gasteiger partial charge in [-0.2, -0.15) is 0 Å². The van der Waals surface area contributed by atoms with Crippen molar-refractivity contribution in [3.8, 4) is 17.1 Å². The molecule has 0 aliphatic heterocycles. The summed E-state index contributed by atoms with van der Waals surface area (Å²) >= 11 is 1.11. The molecule has 1 amide bonds. The third-order valence-corrected chi connectivity index (χ3v) is 5.64. The zero-order valence-electron chi connectivity index (χ0n) is 17.4. The van der Waals surface area contributed by atoms with E-state index in [4.69, 9.17) is 4.74 Å². The Balaban J connectivity index is 1.72. The maximum atomic E-state index is 12.8. The van der Waals surface area contributed by atoms with Crippen molar-refractivity contribution in [2.45, 2.75) is 26.2 Å². The molecule has 0 aromatic carbocycles. The number of rotatable bonds is 8. The van der Waals surface area contributed by atoms with E-state index in [0.29, 0.717) is 29.7 Å². The Kier molecular flexibility index (Phi) is 6.51. The van der Waals surface area contributed by atoms with Crippen LogP contribution in [0.1, 0.15) is 26.5 Å². The number of hydrogen-bond acceptors (Lipinski definition) is 9. The lowest BCUT2D eigenvalue weighted by atomic mass is 9.89. The smallest absolute Gasteiger partial charge is 0.237 e. The number of amides is 1. The third-order valence-electron chi connectivity index (χ3n) is 4.19. The quantitative estimate of drug-likeness (QED) is 0.521. The van der Waals surface area contributed by atoms with Crippen molar-refractivity contribution in [3.63, 3.8) is 0 Å². The summed E-state index contributed by atoms with van der Waals surface area (Å²) in [4.78, 5) is 29.8. The predicted octanol–water partition coefficient (Wildman–Crippen LogP) is 2.68. The van der Waals surface area contributed by atoms with Crippen molar-refractivity contribution in [2.75, 3.05) is 22.9 Å². The molecule has 0 radical (unpaired) electrons. The van der Waals surface area contributed by atoms with Crippen LogP contribution >= 0.6 is 11.3 Å². The minimum atomic E-state index is -3.44. The van der Waals surface area contributed by atoms with Crippen LogP contribution < -0.4 is 14.8 Å². The molecule has 0 saturated carbocycles. The average molecular weight is 463 g/mol. The van der Waals surface area contributed by atoms with Gasteiger partial charge in [0.25, 0.3) is 0 Å². The topological polar surface area (TPSA) is 136 Å². The van der Waals surface area contributed by atoms with Crippen molar-refractivity contribution in [3.05, 3.63) is 41.8 Å². The molecule has 0 aliphatic carbocycles. The Labute approximate surface area is 184 Å². The summed E-state index contributed by atoms with van der Waals surface area (Å²) < 4.78 is 30.4. The zero-order valence-corrected chi connectivity index (χ0v) is 19.0. The first kappa shape index (κ1) is 22.6. The van der Waals surface area contributed by atoms with Crippen molar-refractivity contribution in [1.82, 2.24) is 19.9 Å². The Hall–Kier alpha value is -3.12. The van der Waals surface area contributed by atoms with E-state index >= 15 is 0 Å². The number of carbonyl (C=O) groups is 1. The molecular weight excluding hydrogens is 440 g/mol. The van der Waals surface area contributed by atoms with Gasteiger partial charge in [0.2, 0.25) is 21.8 Å². The first-order valence-electron chi connectivity index (χ1n) is 9.25. The number of aromatic nitrogens is 4. The summed E-state index contributed by atoms with van der Waals surface area (Å²) in [7, 11) is -3.44. The van der Waals surface area contributed by atoms with E-state index in [9.17, 15) is 13.2 Å². The van der Waals surface area contributed by atoms with E-state index in [1.165, 1.54) is 6.20 Å². The lowest BCUT2D eigenvalue weighted by molar-refractivity contribution is -0.120. The SMILES string of the molecule is CCOc1cncc(-c2ccc(NC(=O)C(C)(C)c3csc(NS(C)(=O)=O)n3)nc2)n1. The Bertz CT molecular complexity index is 1180. The molecule has 12 heteroatoms. The van der Waals surface area contributed by atoms with Crippen molar-refractivity contribution >= 4 is 38.2 Å². The van der Waals surface area contributed by atoms with E-state index in [0.717, 1.165) is 23.2 Å². The molecule has 3 aromatic rings. The fourth-order valence-electron chi connectivity index (χ4n) is 2.48. The molecule has 31 heavy (non-hydrogen) atoms. The van der Waals surface area contributed by atoms with Gasteiger partial charge in [0.1, 0.15) is 5.82 Å². The number of sulfonamides is 1. The number of hydrogen-bond donors (Lipinski definition) is 2. The van der Waals surface area contributed by atoms with E-state index in [1.807, 2.05) is 6.92 Å². The molecular formula is C19H22N6O4S2. The minimum Gasteiger partial charge on any atom is -0.477 e. The van der Waals surface area contributed by atoms with E-state index < -0.39 is 15.4 Å². The maximum absolute atomic E-state index is 12.8. The molecule has 2 N–H and O–H groups in total. The Morgan fingerprint density at radius 1 is 1.19 bits per heavy atom. The Morgan fingerprint density at radius 2 is 1.97 bits per heavy atom. The number of nitrogens with zero attached hydrogens (tertiary/aromatic N) is 4.